The van der Waals surface area contributed by atoms with E-state index in [1.807, 2.05) is 53.4 Å². The molecule has 0 spiro atoms. The van der Waals surface area contributed by atoms with Crippen molar-refractivity contribution in [3.8, 4) is 11.5 Å². The molecule has 1 aliphatic heterocycles. The van der Waals surface area contributed by atoms with Gasteiger partial charge in [-0.15, -0.1) is 0 Å². The summed E-state index contributed by atoms with van der Waals surface area (Å²) in [6.07, 6.45) is -0.654. The van der Waals surface area contributed by atoms with Crippen LogP contribution in [0.2, 0.25) is 0 Å². The number of amides is 2. The van der Waals surface area contributed by atoms with Crippen LogP contribution < -0.4 is 25.0 Å². The maximum atomic E-state index is 12.3. The topological polar surface area (TPSA) is 79.9 Å². The van der Waals surface area contributed by atoms with E-state index >= 15 is 0 Å². The molecule has 0 radical (unpaired) electrons. The van der Waals surface area contributed by atoms with Gasteiger partial charge in [-0.3, -0.25) is 9.59 Å². The first-order valence-electron chi connectivity index (χ1n) is 8.84. The Hall–Kier alpha value is -3.22. The molecule has 0 aromatic heterocycles. The molecule has 1 atom stereocenters. The Morgan fingerprint density at radius 2 is 1.89 bits per heavy atom. The summed E-state index contributed by atoms with van der Waals surface area (Å²) < 4.78 is 11.3. The summed E-state index contributed by atoms with van der Waals surface area (Å²) in [5.74, 6) is 1.00. The number of likely N-dealkylation sites (N-methyl/N-ethyl adjacent to an activating group) is 1. The average molecular weight is 369 g/mol. The number of anilines is 1. The number of carbonyl (C=O) groups is 2. The van der Waals surface area contributed by atoms with E-state index < -0.39 is 6.10 Å². The highest BCUT2D eigenvalue weighted by Gasteiger charge is 2.30. The fourth-order valence-electron chi connectivity index (χ4n) is 2.86. The van der Waals surface area contributed by atoms with Crippen molar-refractivity contribution in [1.29, 1.82) is 0 Å². The van der Waals surface area contributed by atoms with Gasteiger partial charge in [0.15, 0.2) is 6.10 Å². The molecule has 1 aliphatic rings. The van der Waals surface area contributed by atoms with Crippen LogP contribution in [0.5, 0.6) is 11.5 Å². The minimum atomic E-state index is -0.654. The number of hydrogen-bond acceptors (Lipinski definition) is 5. The summed E-state index contributed by atoms with van der Waals surface area (Å²) in [7, 11) is 1.57. The van der Waals surface area contributed by atoms with Gasteiger partial charge in [0.25, 0.3) is 5.91 Å². The molecule has 7 heteroatoms. The van der Waals surface area contributed by atoms with Gasteiger partial charge in [-0.1, -0.05) is 30.3 Å². The predicted octanol–water partition coefficient (Wildman–Crippen LogP) is 1.20. The van der Waals surface area contributed by atoms with Gasteiger partial charge in [0.2, 0.25) is 5.91 Å². The first-order valence-corrected chi connectivity index (χ1v) is 8.84. The van der Waals surface area contributed by atoms with Crippen LogP contribution in [-0.4, -0.2) is 51.2 Å². The van der Waals surface area contributed by atoms with Gasteiger partial charge in [-0.2, -0.15) is 0 Å². The Bertz CT molecular complexity index is 782. The molecule has 2 aromatic carbocycles. The Morgan fingerprint density at radius 3 is 2.67 bits per heavy atom. The molecule has 7 nitrogen and oxygen atoms in total. The van der Waals surface area contributed by atoms with E-state index in [9.17, 15) is 9.59 Å². The first-order chi connectivity index (χ1) is 13.2. The van der Waals surface area contributed by atoms with Crippen molar-refractivity contribution in [1.82, 2.24) is 10.6 Å². The minimum absolute atomic E-state index is 0.138. The van der Waals surface area contributed by atoms with E-state index in [-0.39, 0.29) is 18.4 Å². The fraction of sp³-hybridized carbons (Fsp3) is 0.300. The summed E-state index contributed by atoms with van der Waals surface area (Å²) in [6.45, 7) is 1.23. The Labute approximate surface area is 158 Å². The van der Waals surface area contributed by atoms with Crippen LogP contribution in [0.3, 0.4) is 0 Å². The SMILES string of the molecule is CNC(=O)[C@H]1CN(CC(=O)NCCOc2ccccc2)c2ccccc2O1. The van der Waals surface area contributed by atoms with E-state index in [1.165, 1.54) is 0 Å². The van der Waals surface area contributed by atoms with Crippen molar-refractivity contribution in [3.05, 3.63) is 54.6 Å². The van der Waals surface area contributed by atoms with Gasteiger partial charge in [0.1, 0.15) is 18.1 Å². The number of nitrogens with zero attached hydrogens (tertiary/aromatic N) is 1. The molecule has 0 bridgehead atoms. The summed E-state index contributed by atoms with van der Waals surface area (Å²) in [4.78, 5) is 26.2. The van der Waals surface area contributed by atoms with Crippen LogP contribution in [-0.2, 0) is 9.59 Å². The molecular formula is C20H23N3O4. The lowest BCUT2D eigenvalue weighted by molar-refractivity contribution is -0.127. The Morgan fingerprint density at radius 1 is 1.15 bits per heavy atom. The fourth-order valence-corrected chi connectivity index (χ4v) is 2.86. The number of carbonyl (C=O) groups excluding carboxylic acids is 2. The van der Waals surface area contributed by atoms with Gasteiger partial charge in [0, 0.05) is 7.05 Å². The van der Waals surface area contributed by atoms with Crippen molar-refractivity contribution in [2.45, 2.75) is 6.10 Å². The van der Waals surface area contributed by atoms with Crippen LogP contribution in [0.4, 0.5) is 5.69 Å². The molecule has 0 aliphatic carbocycles. The van der Waals surface area contributed by atoms with Gasteiger partial charge < -0.3 is 25.0 Å². The molecule has 0 fully saturated rings. The number of benzene rings is 2. The van der Waals surface area contributed by atoms with Crippen molar-refractivity contribution in [3.63, 3.8) is 0 Å². The van der Waals surface area contributed by atoms with Crippen LogP contribution >= 0.6 is 0 Å². The van der Waals surface area contributed by atoms with E-state index in [0.717, 1.165) is 11.4 Å². The zero-order valence-electron chi connectivity index (χ0n) is 15.2. The van der Waals surface area contributed by atoms with E-state index in [4.69, 9.17) is 9.47 Å². The molecule has 0 unspecified atom stereocenters. The third-order valence-corrected chi connectivity index (χ3v) is 4.17. The third-order valence-electron chi connectivity index (χ3n) is 4.17. The molecule has 0 saturated carbocycles. The van der Waals surface area contributed by atoms with Crippen LogP contribution in [0, 0.1) is 0 Å². The number of nitrogens with one attached hydrogen (secondary N) is 2. The standard InChI is InChI=1S/C20H23N3O4/c1-21-20(25)18-13-23(16-9-5-6-10-17(16)27-18)14-19(24)22-11-12-26-15-7-3-2-4-8-15/h2-10,18H,11-14H2,1H3,(H,21,25)(H,22,24)/t18-/m1/s1. The third kappa shape index (κ3) is 4.91. The van der Waals surface area contributed by atoms with Gasteiger partial charge >= 0.3 is 0 Å². The number of hydrogen-bond donors (Lipinski definition) is 2. The molecule has 1 heterocycles. The van der Waals surface area contributed by atoms with Crippen LogP contribution in [0.15, 0.2) is 54.6 Å². The second-order valence-corrected chi connectivity index (χ2v) is 6.08. The van der Waals surface area contributed by atoms with Crippen molar-refractivity contribution < 1.29 is 19.1 Å². The largest absolute Gasteiger partial charge is 0.492 e. The normalized spacial score (nSPS) is 15.3. The van der Waals surface area contributed by atoms with Gasteiger partial charge in [0.05, 0.1) is 25.3 Å². The van der Waals surface area contributed by atoms with E-state index in [2.05, 4.69) is 10.6 Å². The van der Waals surface area contributed by atoms with E-state index in [0.29, 0.717) is 25.4 Å². The molecule has 3 rings (SSSR count). The molecular weight excluding hydrogens is 346 g/mol. The second kappa shape index (κ2) is 8.93. The lowest BCUT2D eigenvalue weighted by atomic mass is 10.1. The number of fused-ring (bicyclic) bond motifs is 1. The predicted molar refractivity (Wildman–Crippen MR) is 102 cm³/mol. The highest BCUT2D eigenvalue weighted by atomic mass is 16.5. The molecule has 2 amide bonds. The maximum Gasteiger partial charge on any atom is 0.262 e. The molecule has 27 heavy (non-hydrogen) atoms. The number of rotatable bonds is 7. The lowest BCUT2D eigenvalue weighted by Crippen LogP contribution is -2.50. The average Bonchev–Trinajstić information content (AvgIpc) is 2.71. The smallest absolute Gasteiger partial charge is 0.262 e. The van der Waals surface area contributed by atoms with E-state index in [1.54, 1.807) is 13.1 Å². The minimum Gasteiger partial charge on any atom is -0.492 e. The van der Waals surface area contributed by atoms with Gasteiger partial charge in [-0.25, -0.2) is 0 Å². The molecule has 0 saturated heterocycles. The highest BCUT2D eigenvalue weighted by Crippen LogP contribution is 2.32. The quantitative estimate of drug-likeness (QED) is 0.717. The zero-order chi connectivity index (χ0) is 19.1. The van der Waals surface area contributed by atoms with Crippen molar-refractivity contribution in [2.75, 3.05) is 38.2 Å². The zero-order valence-corrected chi connectivity index (χ0v) is 15.2. The molecule has 142 valence electrons. The highest BCUT2D eigenvalue weighted by molar-refractivity contribution is 5.86. The van der Waals surface area contributed by atoms with Crippen molar-refractivity contribution >= 4 is 17.5 Å². The summed E-state index contributed by atoms with van der Waals surface area (Å²) in [5, 5.41) is 5.43. The summed E-state index contributed by atoms with van der Waals surface area (Å²) >= 11 is 0. The Balaban J connectivity index is 1.53. The molecule has 2 N–H and O–H groups in total. The van der Waals surface area contributed by atoms with Gasteiger partial charge in [-0.05, 0) is 24.3 Å². The monoisotopic (exact) mass is 369 g/mol. The number of ether oxygens (including phenoxy) is 2. The lowest BCUT2D eigenvalue weighted by Gasteiger charge is -2.34. The summed E-state index contributed by atoms with van der Waals surface area (Å²) in [6, 6.07) is 16.8. The number of para-hydroxylation sites is 3. The second-order valence-electron chi connectivity index (χ2n) is 6.08. The Kier molecular flexibility index (Phi) is 6.14. The molecule has 2 aromatic rings. The summed E-state index contributed by atoms with van der Waals surface area (Å²) in [5.41, 5.74) is 0.799. The van der Waals surface area contributed by atoms with Crippen LogP contribution in [0.1, 0.15) is 0 Å². The van der Waals surface area contributed by atoms with Crippen molar-refractivity contribution in [2.24, 2.45) is 0 Å². The van der Waals surface area contributed by atoms with Crippen LogP contribution in [0.25, 0.3) is 0 Å². The first kappa shape index (κ1) is 18.6. The maximum absolute atomic E-state index is 12.3.